The van der Waals surface area contributed by atoms with Gasteiger partial charge in [0, 0.05) is 113 Å². The molecular weight excluding hydrogens is 1080 g/mol. The first-order chi connectivity index (χ1) is 38.4. The van der Waals surface area contributed by atoms with Gasteiger partial charge in [0.2, 0.25) is 23.1 Å². The summed E-state index contributed by atoms with van der Waals surface area (Å²) in [5.74, 6) is 20.5. The molecule has 0 aromatic carbocycles. The van der Waals surface area contributed by atoms with Gasteiger partial charge < -0.3 is 29.1 Å². The third-order valence-electron chi connectivity index (χ3n) is 13.4. The lowest BCUT2D eigenvalue weighted by Gasteiger charge is -2.34. The van der Waals surface area contributed by atoms with E-state index in [4.69, 9.17) is 27.5 Å². The van der Waals surface area contributed by atoms with Gasteiger partial charge >= 0.3 is 6.09 Å². The second-order valence-electron chi connectivity index (χ2n) is 21.8. The molecule has 79 heavy (non-hydrogen) atoms. The number of ether oxygens (including phenoxy) is 2. The van der Waals surface area contributed by atoms with E-state index in [2.05, 4.69) is 110 Å². The van der Waals surface area contributed by atoms with Gasteiger partial charge in [-0.3, -0.25) is 4.68 Å². The molecule has 418 valence electrons. The van der Waals surface area contributed by atoms with Crippen molar-refractivity contribution in [3.63, 3.8) is 0 Å². The maximum atomic E-state index is 12.2. The topological polar surface area (TPSA) is 182 Å². The minimum atomic E-state index is -0.514. The number of terminal acetylenes is 1. The van der Waals surface area contributed by atoms with E-state index < -0.39 is 5.60 Å². The fraction of sp³-hybridized carbons (Fsp3) is 0.576. The molecule has 1 amide bonds. The van der Waals surface area contributed by atoms with E-state index in [0.29, 0.717) is 56.2 Å². The molecule has 3 saturated carbocycles. The number of nitrogens with zero attached hydrogens (tertiary/aromatic N) is 15. The summed E-state index contributed by atoms with van der Waals surface area (Å²) in [4.78, 5) is 58.8. The zero-order chi connectivity index (χ0) is 55.2. The van der Waals surface area contributed by atoms with E-state index >= 15 is 0 Å². The fourth-order valence-electron chi connectivity index (χ4n) is 8.63. The lowest BCUT2D eigenvalue weighted by Crippen LogP contribution is -2.48. The highest BCUT2D eigenvalue weighted by Crippen LogP contribution is 2.29. The average molecular weight is 1160 g/mol. The highest BCUT2D eigenvalue weighted by Gasteiger charge is 2.29. The van der Waals surface area contributed by atoms with Crippen LogP contribution >= 0.6 is 27.5 Å². The summed E-state index contributed by atoms with van der Waals surface area (Å²) in [6.07, 6.45) is 40.3. The monoisotopic (exact) mass is 1160 g/mol. The van der Waals surface area contributed by atoms with Crippen LogP contribution in [0.4, 0.5) is 22.6 Å². The van der Waals surface area contributed by atoms with Gasteiger partial charge in [0.25, 0.3) is 0 Å². The third-order valence-corrected chi connectivity index (χ3v) is 14.0. The van der Waals surface area contributed by atoms with Gasteiger partial charge in [-0.05, 0) is 150 Å². The molecule has 7 aliphatic rings. The summed E-state index contributed by atoms with van der Waals surface area (Å²) in [5.41, 5.74) is 2.33. The summed E-state index contributed by atoms with van der Waals surface area (Å²) in [6, 6.07) is 0. The molecule has 18 nitrogen and oxygen atoms in total. The van der Waals surface area contributed by atoms with Crippen LogP contribution in [0.3, 0.4) is 0 Å². The molecule has 0 bridgehead atoms. The fourth-order valence-corrected chi connectivity index (χ4v) is 8.97. The number of carbonyl (C=O) groups excluding carboxylic acids is 1. The number of rotatable bonds is 7. The normalized spacial score (nSPS) is 18.8. The van der Waals surface area contributed by atoms with Crippen LogP contribution in [0.25, 0.3) is 0 Å². The average Bonchev–Trinajstić information content (AvgIpc) is 4.37. The molecule has 0 unspecified atom stereocenters. The van der Waals surface area contributed by atoms with Crippen LogP contribution in [0.1, 0.15) is 140 Å². The molecule has 4 aliphatic heterocycles. The van der Waals surface area contributed by atoms with Crippen molar-refractivity contribution in [2.75, 3.05) is 73.7 Å². The van der Waals surface area contributed by atoms with Gasteiger partial charge in [-0.15, -0.1) is 12.3 Å². The largest absolute Gasteiger partial charge is 0.444 e. The van der Waals surface area contributed by atoms with Crippen molar-refractivity contribution in [1.82, 2.24) is 59.5 Å². The molecule has 0 spiro atoms. The van der Waals surface area contributed by atoms with Crippen LogP contribution in [-0.4, -0.2) is 136 Å². The Labute approximate surface area is 480 Å². The predicted molar refractivity (Wildman–Crippen MR) is 310 cm³/mol. The van der Waals surface area contributed by atoms with Gasteiger partial charge in [0.05, 0.1) is 47.6 Å². The molecule has 20 heteroatoms. The number of piperidine rings is 3. The van der Waals surface area contributed by atoms with E-state index in [9.17, 15) is 4.79 Å². The van der Waals surface area contributed by atoms with Crippen molar-refractivity contribution in [2.24, 2.45) is 17.8 Å². The first-order valence-electron chi connectivity index (χ1n) is 28.2. The van der Waals surface area contributed by atoms with Crippen molar-refractivity contribution in [3.05, 3.63) is 88.2 Å². The molecule has 1 atom stereocenters. The van der Waals surface area contributed by atoms with Gasteiger partial charge in [-0.1, -0.05) is 23.7 Å². The van der Waals surface area contributed by atoms with E-state index in [1.54, 1.807) is 28.2 Å². The van der Waals surface area contributed by atoms with Gasteiger partial charge in [-0.25, -0.2) is 49.7 Å². The number of anilines is 3. The molecule has 0 N–H and O–H groups in total. The van der Waals surface area contributed by atoms with E-state index in [1.165, 1.54) is 103 Å². The maximum absolute atomic E-state index is 12.2. The first kappa shape index (κ1) is 58.7. The molecule has 12 rings (SSSR count). The molecule has 3 aliphatic carbocycles. The summed E-state index contributed by atoms with van der Waals surface area (Å²) in [6.45, 7) is 14.1. The van der Waals surface area contributed by atoms with Crippen molar-refractivity contribution >= 4 is 51.5 Å². The second-order valence-corrected chi connectivity index (χ2v) is 23.0. The third kappa shape index (κ3) is 21.6. The Morgan fingerprint density at radius 3 is 1.58 bits per heavy atom. The molecule has 9 heterocycles. The molecule has 0 radical (unpaired) electrons. The van der Waals surface area contributed by atoms with Crippen molar-refractivity contribution in [3.8, 4) is 36.0 Å². The van der Waals surface area contributed by atoms with Gasteiger partial charge in [0.1, 0.15) is 17.8 Å². The molecule has 7 fully saturated rings. The Balaban J connectivity index is 0.000000139. The number of hydrogen-bond acceptors (Lipinski definition) is 16. The quantitative estimate of drug-likeness (QED) is 0.140. The molecule has 4 saturated heterocycles. The summed E-state index contributed by atoms with van der Waals surface area (Å²) in [5, 5.41) is 4.53. The number of hydrogen-bond donors (Lipinski definition) is 0. The summed E-state index contributed by atoms with van der Waals surface area (Å²) in [7, 11) is 0. The Bertz CT molecular complexity index is 2740. The van der Waals surface area contributed by atoms with Crippen LogP contribution < -0.4 is 14.7 Å². The highest BCUT2D eigenvalue weighted by atomic mass is 79.9. The lowest BCUT2D eigenvalue weighted by atomic mass is 10.1. The SMILES string of the molecule is Brc1cnc(N2CCCCC2)nc1.C#CC1CC1.C(#CC1CC1)c1cnc(N2CCCCC2)nc1.C(#CC1CC1)c1cnc(N2CCCCC2)nc1.CC(C)(C)OC(=O)N1CCO[C@H](Cn2cc(Cc3ncnc(Cl)n3)cn2)C1. The zero-order valence-electron chi connectivity index (χ0n) is 46.2. The molecule has 5 aromatic heterocycles. The minimum Gasteiger partial charge on any atom is -0.444 e. The Morgan fingerprint density at radius 2 is 1.15 bits per heavy atom. The molecular formula is C59H75BrClN15O3. The van der Waals surface area contributed by atoms with Crippen LogP contribution in [0.2, 0.25) is 5.28 Å². The van der Waals surface area contributed by atoms with Crippen molar-refractivity contribution < 1.29 is 14.3 Å². The van der Waals surface area contributed by atoms with E-state index in [0.717, 1.165) is 78.3 Å². The van der Waals surface area contributed by atoms with Crippen LogP contribution in [-0.2, 0) is 22.4 Å². The smallest absolute Gasteiger partial charge is 0.410 e. The van der Waals surface area contributed by atoms with E-state index in [-0.39, 0.29) is 17.5 Å². The first-order valence-corrected chi connectivity index (χ1v) is 29.4. The van der Waals surface area contributed by atoms with Crippen LogP contribution in [0.15, 0.2) is 60.4 Å². The van der Waals surface area contributed by atoms with Gasteiger partial charge in [0.15, 0.2) is 0 Å². The Kier molecular flexibility index (Phi) is 22.4. The zero-order valence-corrected chi connectivity index (χ0v) is 48.5. The van der Waals surface area contributed by atoms with Crippen molar-refractivity contribution in [1.29, 1.82) is 0 Å². The molecule has 5 aromatic rings. The Morgan fingerprint density at radius 1 is 0.671 bits per heavy atom. The maximum Gasteiger partial charge on any atom is 0.410 e. The predicted octanol–water partition coefficient (Wildman–Crippen LogP) is 9.66. The van der Waals surface area contributed by atoms with Crippen molar-refractivity contribution in [2.45, 2.75) is 142 Å². The van der Waals surface area contributed by atoms with Gasteiger partial charge in [-0.2, -0.15) is 5.10 Å². The number of morpholine rings is 1. The Hall–Kier alpha value is -6.46. The minimum absolute atomic E-state index is 0.148. The number of amides is 1. The van der Waals surface area contributed by atoms with Crippen LogP contribution in [0.5, 0.6) is 0 Å². The summed E-state index contributed by atoms with van der Waals surface area (Å²) < 4.78 is 13.9. The number of aromatic nitrogens is 11. The lowest BCUT2D eigenvalue weighted by molar-refractivity contribution is -0.0483. The number of carbonyl (C=O) groups is 1. The number of halogens is 2. The standard InChI is InChI=1S/C17H23ClN6O3.2C14H17N3.C9H12BrN3.C5H6/c1-17(2,3)27-16(25)23-4-5-26-13(9-23)10-24-8-12(7-21-24)6-14-19-11-20-15(18)22-14;2*1-2-8-17(9-3-1)14-15-10-13(11-16-14)7-6-12-4-5-12;10-8-6-11-9(12-7-8)13-4-2-1-3-5-13;1-2-5-3-4-5/h7-8,11,13H,4-6,9-10H2,1-3H3;2*10-12H,1-5,8-9H2;6-7H,1-5H2;1,5H,3-4H2/t13-;;;;/m0..../s1. The van der Waals surface area contributed by atoms with E-state index in [1.807, 2.05) is 51.8 Å². The second kappa shape index (κ2) is 30.2. The highest BCUT2D eigenvalue weighted by molar-refractivity contribution is 9.10. The summed E-state index contributed by atoms with van der Waals surface area (Å²) >= 11 is 9.11. The van der Waals surface area contributed by atoms with Crippen LogP contribution in [0, 0.1) is 53.8 Å².